The maximum Gasteiger partial charge on any atom is 0.267 e. The molecule has 0 aromatic carbocycles. The average Bonchev–Trinajstić information content (AvgIpc) is 3.04. The number of carbonyl (C=O) groups is 1. The molecule has 0 aliphatic carbocycles. The van der Waals surface area contributed by atoms with E-state index >= 15 is 0 Å². The van der Waals surface area contributed by atoms with Crippen molar-refractivity contribution in [2.24, 2.45) is 0 Å². The quantitative estimate of drug-likeness (QED) is 0.752. The Labute approximate surface area is 107 Å². The van der Waals surface area contributed by atoms with Crippen LogP contribution in [0.15, 0.2) is 36.0 Å². The Bertz CT molecular complexity index is 624. The highest BCUT2D eigenvalue weighted by atomic mass is 32.1. The summed E-state index contributed by atoms with van der Waals surface area (Å²) in [6.07, 6.45) is 3.59. The summed E-state index contributed by atoms with van der Waals surface area (Å²) in [7, 11) is 0. The number of nitrogens with zero attached hydrogens (tertiary/aromatic N) is 2. The summed E-state index contributed by atoms with van der Waals surface area (Å²) in [6.45, 7) is 1.24. The normalized spacial score (nSPS) is 10.9. The second kappa shape index (κ2) is 4.66. The summed E-state index contributed by atoms with van der Waals surface area (Å²) < 4.78 is 2.89. The van der Waals surface area contributed by atoms with Crippen molar-refractivity contribution in [1.82, 2.24) is 20.1 Å². The molecule has 0 saturated carbocycles. The summed E-state index contributed by atoms with van der Waals surface area (Å²) in [5.74, 6) is -0.0782. The summed E-state index contributed by atoms with van der Waals surface area (Å²) in [5, 5.41) is 8.93. The van der Waals surface area contributed by atoms with Crippen LogP contribution in [-0.4, -0.2) is 27.2 Å². The van der Waals surface area contributed by atoms with Gasteiger partial charge in [0.1, 0.15) is 5.69 Å². The molecular weight excluding hydrogens is 248 g/mol. The molecule has 92 valence electrons. The molecule has 6 heteroatoms. The number of fused-ring (bicyclic) bond motifs is 1. The second-order valence-corrected chi connectivity index (χ2v) is 4.85. The predicted molar refractivity (Wildman–Crippen MR) is 70.7 cm³/mol. The lowest BCUT2D eigenvalue weighted by atomic mass is 10.4. The van der Waals surface area contributed by atoms with Gasteiger partial charge in [0.05, 0.1) is 16.8 Å². The van der Waals surface area contributed by atoms with Crippen LogP contribution in [0.25, 0.3) is 10.2 Å². The lowest BCUT2D eigenvalue weighted by molar-refractivity contribution is 0.0948. The van der Waals surface area contributed by atoms with Crippen molar-refractivity contribution in [3.05, 3.63) is 41.7 Å². The first kappa shape index (κ1) is 11.0. The van der Waals surface area contributed by atoms with Crippen molar-refractivity contribution in [2.45, 2.75) is 6.54 Å². The van der Waals surface area contributed by atoms with Gasteiger partial charge in [0, 0.05) is 18.9 Å². The van der Waals surface area contributed by atoms with Crippen LogP contribution < -0.4 is 5.32 Å². The summed E-state index contributed by atoms with van der Waals surface area (Å²) in [6, 6.07) is 5.71. The van der Waals surface area contributed by atoms with Gasteiger partial charge in [0.2, 0.25) is 0 Å². The van der Waals surface area contributed by atoms with Crippen LogP contribution in [0.1, 0.15) is 10.5 Å². The molecule has 3 aromatic rings. The Hall–Kier alpha value is -2.08. The maximum atomic E-state index is 11.9. The summed E-state index contributed by atoms with van der Waals surface area (Å²) in [4.78, 5) is 15.0. The van der Waals surface area contributed by atoms with E-state index in [1.807, 2.05) is 29.8 Å². The van der Waals surface area contributed by atoms with Crippen molar-refractivity contribution in [3.63, 3.8) is 0 Å². The third-order valence-electron chi connectivity index (χ3n) is 2.67. The number of amides is 1. The standard InChI is InChI=1S/C12H12N4OS/c17-12(13-4-6-16-5-1-3-14-16)10-8-11-9(15-10)2-7-18-11/h1-3,5,7-8,15H,4,6H2,(H,13,17). The van der Waals surface area contributed by atoms with Gasteiger partial charge in [0.25, 0.3) is 5.91 Å². The molecular formula is C12H12N4OS. The van der Waals surface area contributed by atoms with E-state index in [9.17, 15) is 4.79 Å². The lowest BCUT2D eigenvalue weighted by Crippen LogP contribution is -2.27. The minimum Gasteiger partial charge on any atom is -0.350 e. The Kier molecular flexibility index (Phi) is 2.85. The highest BCUT2D eigenvalue weighted by Gasteiger charge is 2.09. The zero-order valence-corrected chi connectivity index (χ0v) is 10.4. The molecule has 0 bridgehead atoms. The molecule has 0 atom stereocenters. The monoisotopic (exact) mass is 260 g/mol. The van der Waals surface area contributed by atoms with E-state index in [0.29, 0.717) is 18.8 Å². The largest absolute Gasteiger partial charge is 0.350 e. The van der Waals surface area contributed by atoms with Gasteiger partial charge < -0.3 is 10.3 Å². The molecule has 0 radical (unpaired) electrons. The number of aromatic nitrogens is 3. The average molecular weight is 260 g/mol. The van der Waals surface area contributed by atoms with E-state index in [2.05, 4.69) is 15.4 Å². The minimum absolute atomic E-state index is 0.0782. The number of hydrogen-bond donors (Lipinski definition) is 2. The lowest BCUT2D eigenvalue weighted by Gasteiger charge is -2.03. The maximum absolute atomic E-state index is 11.9. The Morgan fingerprint density at radius 3 is 3.28 bits per heavy atom. The van der Waals surface area contributed by atoms with Crippen LogP contribution >= 0.6 is 11.3 Å². The van der Waals surface area contributed by atoms with Gasteiger partial charge >= 0.3 is 0 Å². The first-order valence-electron chi connectivity index (χ1n) is 5.65. The van der Waals surface area contributed by atoms with E-state index in [1.54, 1.807) is 22.2 Å². The van der Waals surface area contributed by atoms with Gasteiger partial charge in [-0.05, 0) is 23.6 Å². The number of nitrogens with one attached hydrogen (secondary N) is 2. The number of H-pyrrole nitrogens is 1. The van der Waals surface area contributed by atoms with Crippen molar-refractivity contribution < 1.29 is 4.79 Å². The number of rotatable bonds is 4. The van der Waals surface area contributed by atoms with E-state index < -0.39 is 0 Å². The molecule has 3 heterocycles. The molecule has 0 unspecified atom stereocenters. The molecule has 5 nitrogen and oxygen atoms in total. The van der Waals surface area contributed by atoms with Crippen molar-refractivity contribution in [3.8, 4) is 0 Å². The Morgan fingerprint density at radius 2 is 2.50 bits per heavy atom. The Morgan fingerprint density at radius 1 is 1.56 bits per heavy atom. The third kappa shape index (κ3) is 2.14. The van der Waals surface area contributed by atoms with Crippen LogP contribution in [0.2, 0.25) is 0 Å². The molecule has 0 aliphatic rings. The minimum atomic E-state index is -0.0782. The zero-order chi connectivity index (χ0) is 12.4. The number of aromatic amines is 1. The van der Waals surface area contributed by atoms with Gasteiger partial charge in [-0.25, -0.2) is 0 Å². The van der Waals surface area contributed by atoms with E-state index in [1.165, 1.54) is 0 Å². The first-order chi connectivity index (χ1) is 8.83. The molecule has 1 amide bonds. The number of hydrogen-bond acceptors (Lipinski definition) is 3. The fraction of sp³-hybridized carbons (Fsp3) is 0.167. The van der Waals surface area contributed by atoms with Crippen LogP contribution in [0.4, 0.5) is 0 Å². The predicted octanol–water partition coefficient (Wildman–Crippen LogP) is 1.86. The molecule has 3 rings (SSSR count). The molecule has 2 N–H and O–H groups in total. The van der Waals surface area contributed by atoms with Gasteiger partial charge in [-0.15, -0.1) is 11.3 Å². The second-order valence-electron chi connectivity index (χ2n) is 3.91. The van der Waals surface area contributed by atoms with Gasteiger partial charge in [-0.1, -0.05) is 0 Å². The van der Waals surface area contributed by atoms with E-state index in [-0.39, 0.29) is 5.91 Å². The van der Waals surface area contributed by atoms with Gasteiger partial charge in [0.15, 0.2) is 0 Å². The Balaban J connectivity index is 1.59. The SMILES string of the molecule is O=C(NCCn1cccn1)c1cc2sccc2[nH]1. The topological polar surface area (TPSA) is 62.7 Å². The highest BCUT2D eigenvalue weighted by molar-refractivity contribution is 7.17. The van der Waals surface area contributed by atoms with Crippen LogP contribution in [0.3, 0.4) is 0 Å². The fourth-order valence-corrected chi connectivity index (χ4v) is 2.57. The molecule has 18 heavy (non-hydrogen) atoms. The molecule has 0 aliphatic heterocycles. The van der Waals surface area contributed by atoms with E-state index in [4.69, 9.17) is 0 Å². The number of thiophene rings is 1. The van der Waals surface area contributed by atoms with Gasteiger partial charge in [-0.2, -0.15) is 5.10 Å². The molecule has 0 spiro atoms. The van der Waals surface area contributed by atoms with Gasteiger partial charge in [-0.3, -0.25) is 9.48 Å². The van der Waals surface area contributed by atoms with Crippen LogP contribution in [0, 0.1) is 0 Å². The van der Waals surface area contributed by atoms with Crippen LogP contribution in [0.5, 0.6) is 0 Å². The third-order valence-corrected chi connectivity index (χ3v) is 3.53. The molecule has 0 fully saturated rings. The van der Waals surface area contributed by atoms with Crippen molar-refractivity contribution >= 4 is 27.5 Å². The van der Waals surface area contributed by atoms with E-state index in [0.717, 1.165) is 10.2 Å². The molecule has 0 saturated heterocycles. The highest BCUT2D eigenvalue weighted by Crippen LogP contribution is 2.20. The fourth-order valence-electron chi connectivity index (χ4n) is 1.78. The van der Waals surface area contributed by atoms with Crippen LogP contribution in [-0.2, 0) is 6.54 Å². The smallest absolute Gasteiger partial charge is 0.267 e. The molecule has 3 aromatic heterocycles. The van der Waals surface area contributed by atoms with Crippen molar-refractivity contribution in [2.75, 3.05) is 6.54 Å². The van der Waals surface area contributed by atoms with Crippen molar-refractivity contribution in [1.29, 1.82) is 0 Å². The number of carbonyl (C=O) groups excluding carboxylic acids is 1. The zero-order valence-electron chi connectivity index (χ0n) is 9.59. The first-order valence-corrected chi connectivity index (χ1v) is 6.53. The summed E-state index contributed by atoms with van der Waals surface area (Å²) >= 11 is 1.62. The summed E-state index contributed by atoms with van der Waals surface area (Å²) in [5.41, 5.74) is 1.62.